The molecule has 0 bridgehead atoms. The molecular formula is C35H37N3O2S. The number of Topliss-reactive ketones (excluding diaryl/α,β-unsaturated/α-hetero) is 1. The van der Waals surface area contributed by atoms with Crippen LogP contribution in [-0.2, 0) is 16.3 Å². The molecule has 0 amide bonds. The van der Waals surface area contributed by atoms with Crippen LogP contribution in [0, 0.1) is 30.6 Å². The van der Waals surface area contributed by atoms with Crippen molar-refractivity contribution in [1.82, 2.24) is 0 Å². The molecule has 0 fully saturated rings. The van der Waals surface area contributed by atoms with Crippen molar-refractivity contribution in [2.24, 2.45) is 11.1 Å². The summed E-state index contributed by atoms with van der Waals surface area (Å²) in [5.74, 6) is 2.46. The molecule has 1 aliphatic carbocycles. The van der Waals surface area contributed by atoms with Crippen molar-refractivity contribution in [2.75, 3.05) is 12.0 Å². The van der Waals surface area contributed by atoms with Gasteiger partial charge < -0.3 is 10.5 Å². The summed E-state index contributed by atoms with van der Waals surface area (Å²) >= 11 is 1.87. The second-order valence-corrected chi connectivity index (χ2v) is 12.8. The maximum absolute atomic E-state index is 14.0. The molecule has 2 N–H and O–H groups in total. The third-order valence-corrected chi connectivity index (χ3v) is 9.17. The summed E-state index contributed by atoms with van der Waals surface area (Å²) in [4.78, 5) is 15.9. The Morgan fingerprint density at radius 1 is 1.02 bits per heavy atom. The van der Waals surface area contributed by atoms with Crippen LogP contribution in [0.15, 0.2) is 89.4 Å². The predicted molar refractivity (Wildman–Crippen MR) is 167 cm³/mol. The van der Waals surface area contributed by atoms with E-state index in [4.69, 9.17) is 10.5 Å². The maximum atomic E-state index is 14.0. The lowest BCUT2D eigenvalue weighted by atomic mass is 9.68. The third kappa shape index (κ3) is 5.64. The number of hydrogen-bond donors (Lipinski definition) is 1. The Balaban J connectivity index is 1.61. The first kappa shape index (κ1) is 28.6. The molecule has 41 heavy (non-hydrogen) atoms. The van der Waals surface area contributed by atoms with E-state index < -0.39 is 5.92 Å². The van der Waals surface area contributed by atoms with E-state index in [1.54, 1.807) is 7.11 Å². The Morgan fingerprint density at radius 3 is 2.39 bits per heavy atom. The number of methoxy groups -OCH3 is 1. The summed E-state index contributed by atoms with van der Waals surface area (Å²) in [5, 5.41) is 10.5. The average molecular weight is 564 g/mol. The lowest BCUT2D eigenvalue weighted by molar-refractivity contribution is -0.118. The fourth-order valence-corrected chi connectivity index (χ4v) is 7.14. The SMILES string of the molecule is COc1ccc(N2C(N)=C(C#N)C(c3cc(CSCc4ccccc4)c(C)cc3C)C3=C2CC(C)(C)CC3=O)cc1. The fourth-order valence-electron chi connectivity index (χ4n) is 6.08. The number of nitrogens with two attached hydrogens (primary N) is 1. The van der Waals surface area contributed by atoms with Gasteiger partial charge >= 0.3 is 0 Å². The number of carbonyl (C=O) groups is 1. The summed E-state index contributed by atoms with van der Waals surface area (Å²) in [5.41, 5.74) is 15.2. The van der Waals surface area contributed by atoms with Gasteiger partial charge in [-0.05, 0) is 77.8 Å². The first-order valence-corrected chi connectivity index (χ1v) is 15.1. The van der Waals surface area contributed by atoms with Gasteiger partial charge in [-0.2, -0.15) is 17.0 Å². The number of allylic oxidation sites excluding steroid dienone is 3. The topological polar surface area (TPSA) is 79.3 Å². The van der Waals surface area contributed by atoms with Crippen LogP contribution in [-0.4, -0.2) is 12.9 Å². The molecular weight excluding hydrogens is 526 g/mol. The largest absolute Gasteiger partial charge is 0.497 e. The zero-order chi connectivity index (χ0) is 29.3. The molecule has 6 heteroatoms. The molecule has 0 saturated heterocycles. The maximum Gasteiger partial charge on any atom is 0.162 e. The van der Waals surface area contributed by atoms with E-state index in [0.717, 1.165) is 39.8 Å². The van der Waals surface area contributed by atoms with E-state index >= 15 is 0 Å². The van der Waals surface area contributed by atoms with Gasteiger partial charge in [-0.25, -0.2) is 0 Å². The minimum absolute atomic E-state index is 0.0833. The van der Waals surface area contributed by atoms with Gasteiger partial charge in [0.05, 0.1) is 24.7 Å². The number of ether oxygens (including phenoxy) is 1. The minimum Gasteiger partial charge on any atom is -0.497 e. The van der Waals surface area contributed by atoms with Crippen molar-refractivity contribution in [3.05, 3.63) is 117 Å². The molecule has 1 aliphatic heterocycles. The van der Waals surface area contributed by atoms with Gasteiger partial charge in [0.2, 0.25) is 0 Å². The van der Waals surface area contributed by atoms with Gasteiger partial charge in [0.1, 0.15) is 11.6 Å². The van der Waals surface area contributed by atoms with Gasteiger partial charge in [-0.1, -0.05) is 56.3 Å². The van der Waals surface area contributed by atoms with Crippen LogP contribution in [0.2, 0.25) is 0 Å². The van der Waals surface area contributed by atoms with Crippen molar-refractivity contribution in [3.63, 3.8) is 0 Å². The summed E-state index contributed by atoms with van der Waals surface area (Å²) < 4.78 is 5.36. The zero-order valence-electron chi connectivity index (χ0n) is 24.5. The number of thioether (sulfide) groups is 1. The number of aryl methyl sites for hydroxylation is 2. The Labute approximate surface area is 247 Å². The molecule has 5 nitrogen and oxygen atoms in total. The molecule has 0 spiro atoms. The Hall–Kier alpha value is -3.95. The van der Waals surface area contributed by atoms with Crippen molar-refractivity contribution < 1.29 is 9.53 Å². The standard InChI is InChI=1S/C35H37N3O2S/c1-22-15-23(2)28(16-25(22)21-41-20-24-9-7-6-8-10-24)32-29(19-36)34(37)38(26-11-13-27(40-5)14-12-26)30-17-35(3,4)18-31(39)33(30)32/h6-16,32H,17-18,20-21,37H2,1-5H3. The van der Waals surface area contributed by atoms with Gasteiger partial charge in [0, 0.05) is 34.9 Å². The number of carbonyl (C=O) groups excluding carboxylic acids is 1. The van der Waals surface area contributed by atoms with E-state index in [1.165, 1.54) is 16.7 Å². The molecule has 210 valence electrons. The van der Waals surface area contributed by atoms with Crippen molar-refractivity contribution in [2.45, 2.75) is 58.0 Å². The van der Waals surface area contributed by atoms with Gasteiger partial charge in [-0.3, -0.25) is 9.69 Å². The van der Waals surface area contributed by atoms with Gasteiger partial charge in [-0.15, -0.1) is 0 Å². The highest BCUT2D eigenvalue weighted by atomic mass is 32.2. The highest BCUT2D eigenvalue weighted by molar-refractivity contribution is 7.97. The van der Waals surface area contributed by atoms with Crippen LogP contribution in [0.4, 0.5) is 5.69 Å². The van der Waals surface area contributed by atoms with Gasteiger partial charge in [0.15, 0.2) is 5.78 Å². The van der Waals surface area contributed by atoms with Crippen molar-refractivity contribution in [3.8, 4) is 11.8 Å². The third-order valence-electron chi connectivity index (χ3n) is 8.12. The Morgan fingerprint density at radius 2 is 1.73 bits per heavy atom. The average Bonchev–Trinajstić information content (AvgIpc) is 2.94. The number of rotatable bonds is 7. The molecule has 1 heterocycles. The van der Waals surface area contributed by atoms with Crippen LogP contribution in [0.3, 0.4) is 0 Å². The highest BCUT2D eigenvalue weighted by Gasteiger charge is 2.45. The van der Waals surface area contributed by atoms with Crippen molar-refractivity contribution in [1.29, 1.82) is 5.26 Å². The molecule has 3 aromatic carbocycles. The zero-order valence-corrected chi connectivity index (χ0v) is 25.3. The van der Waals surface area contributed by atoms with Crippen LogP contribution in [0.5, 0.6) is 5.75 Å². The van der Waals surface area contributed by atoms with Crippen molar-refractivity contribution >= 4 is 23.2 Å². The summed E-state index contributed by atoms with van der Waals surface area (Å²) in [6.45, 7) is 8.45. The van der Waals surface area contributed by atoms with E-state index in [-0.39, 0.29) is 11.2 Å². The van der Waals surface area contributed by atoms with Crippen LogP contribution >= 0.6 is 11.8 Å². The lowest BCUT2D eigenvalue weighted by Crippen LogP contribution is -2.42. The number of anilines is 1. The van der Waals surface area contributed by atoms with Gasteiger partial charge in [0.25, 0.3) is 0 Å². The Kier molecular flexibility index (Phi) is 8.02. The molecule has 5 rings (SSSR count). The summed E-state index contributed by atoms with van der Waals surface area (Å²) in [6, 6.07) is 24.9. The number of nitrogens with zero attached hydrogens (tertiary/aromatic N) is 2. The number of benzene rings is 3. The second-order valence-electron chi connectivity index (χ2n) is 11.8. The van der Waals surface area contributed by atoms with E-state index in [2.05, 4.69) is 70.2 Å². The quantitative estimate of drug-likeness (QED) is 0.318. The smallest absolute Gasteiger partial charge is 0.162 e. The first-order valence-electron chi connectivity index (χ1n) is 14.0. The molecule has 0 aromatic heterocycles. The minimum atomic E-state index is -0.494. The number of hydrogen-bond acceptors (Lipinski definition) is 6. The predicted octanol–water partition coefficient (Wildman–Crippen LogP) is 7.69. The monoisotopic (exact) mass is 563 g/mol. The molecule has 0 radical (unpaired) electrons. The number of ketones is 1. The molecule has 1 unspecified atom stereocenters. The lowest BCUT2D eigenvalue weighted by Gasteiger charge is -2.44. The van der Waals surface area contributed by atoms with E-state index in [0.29, 0.717) is 29.8 Å². The van der Waals surface area contributed by atoms with E-state index in [9.17, 15) is 10.1 Å². The summed E-state index contributed by atoms with van der Waals surface area (Å²) in [6.07, 6.45) is 1.11. The Bertz CT molecular complexity index is 1580. The first-order chi connectivity index (χ1) is 19.6. The van der Waals surface area contributed by atoms with E-state index in [1.807, 2.05) is 47.0 Å². The molecule has 1 atom stereocenters. The van der Waals surface area contributed by atoms with Crippen LogP contribution < -0.4 is 15.4 Å². The van der Waals surface area contributed by atoms with Crippen LogP contribution in [0.25, 0.3) is 0 Å². The number of nitriles is 1. The molecule has 3 aromatic rings. The van der Waals surface area contributed by atoms with Crippen LogP contribution in [0.1, 0.15) is 60.4 Å². The second kappa shape index (κ2) is 11.5. The highest BCUT2D eigenvalue weighted by Crippen LogP contribution is 2.51. The normalized spacial score (nSPS) is 18.3. The summed E-state index contributed by atoms with van der Waals surface area (Å²) in [7, 11) is 1.63. The molecule has 2 aliphatic rings. The molecule has 0 saturated carbocycles. The fraction of sp³-hybridized carbons (Fsp3) is 0.314.